The van der Waals surface area contributed by atoms with Gasteiger partial charge in [0.05, 0.1) is 5.41 Å². The molecule has 4 heteroatoms. The summed E-state index contributed by atoms with van der Waals surface area (Å²) in [7, 11) is 0. The quantitative estimate of drug-likeness (QED) is 0.828. The maximum Gasteiger partial charge on any atom is 0.310 e. The Kier molecular flexibility index (Phi) is 4.62. The number of carboxylic acid groups (broad SMARTS) is 1. The van der Waals surface area contributed by atoms with Crippen LogP contribution in [-0.2, 0) is 4.79 Å². The van der Waals surface area contributed by atoms with Crippen LogP contribution in [0, 0.1) is 5.41 Å². The van der Waals surface area contributed by atoms with E-state index in [1.54, 1.807) is 0 Å². The fraction of sp³-hybridized carbons (Fsp3) is 0.929. The Morgan fingerprint density at radius 2 is 1.61 bits per heavy atom. The number of aliphatic carboxylic acids is 1. The summed E-state index contributed by atoms with van der Waals surface area (Å²) in [5.74, 6) is -0.569. The summed E-state index contributed by atoms with van der Waals surface area (Å²) in [5, 5.41) is 9.58. The van der Waals surface area contributed by atoms with Gasteiger partial charge in [0, 0.05) is 32.7 Å². The molecule has 0 unspecified atom stereocenters. The van der Waals surface area contributed by atoms with Gasteiger partial charge >= 0.3 is 5.97 Å². The average Bonchev–Trinajstić information content (AvgIpc) is 2.40. The van der Waals surface area contributed by atoms with Crippen molar-refractivity contribution in [2.75, 3.05) is 39.3 Å². The van der Waals surface area contributed by atoms with Crippen molar-refractivity contribution in [1.82, 2.24) is 9.80 Å². The first-order valence-corrected chi connectivity index (χ1v) is 7.34. The minimum Gasteiger partial charge on any atom is -0.481 e. The highest BCUT2D eigenvalue weighted by Crippen LogP contribution is 2.37. The maximum absolute atomic E-state index is 11.6. The van der Waals surface area contributed by atoms with Crippen molar-refractivity contribution < 1.29 is 9.90 Å². The molecule has 0 aromatic carbocycles. The van der Waals surface area contributed by atoms with E-state index >= 15 is 0 Å². The van der Waals surface area contributed by atoms with E-state index in [1.807, 2.05) is 0 Å². The van der Waals surface area contributed by atoms with Crippen molar-refractivity contribution in [1.29, 1.82) is 0 Å². The van der Waals surface area contributed by atoms with Crippen molar-refractivity contribution in [2.45, 2.75) is 39.0 Å². The molecule has 2 rings (SSSR count). The van der Waals surface area contributed by atoms with E-state index in [9.17, 15) is 9.90 Å². The Morgan fingerprint density at radius 1 is 1.06 bits per heavy atom. The number of nitrogens with zero attached hydrogens (tertiary/aromatic N) is 2. The molecule has 0 atom stereocenters. The SMILES string of the molecule is CCN1CCN(CC2(C(=O)O)CCCCC2)CC1. The van der Waals surface area contributed by atoms with Gasteiger partial charge in [-0.05, 0) is 19.4 Å². The molecule has 0 amide bonds. The second kappa shape index (κ2) is 6.02. The molecule has 1 aliphatic heterocycles. The smallest absolute Gasteiger partial charge is 0.310 e. The van der Waals surface area contributed by atoms with Crippen LogP contribution in [0.2, 0.25) is 0 Å². The van der Waals surface area contributed by atoms with E-state index in [4.69, 9.17) is 0 Å². The Balaban J connectivity index is 1.91. The number of hydrogen-bond acceptors (Lipinski definition) is 3. The summed E-state index contributed by atoms with van der Waals surface area (Å²) in [4.78, 5) is 16.4. The highest BCUT2D eigenvalue weighted by atomic mass is 16.4. The molecule has 0 bridgehead atoms. The minimum absolute atomic E-state index is 0.452. The Labute approximate surface area is 110 Å². The molecule has 0 aromatic heterocycles. The standard InChI is InChI=1S/C14H26N2O2/c1-2-15-8-10-16(11-9-15)12-14(13(17)18)6-4-3-5-7-14/h2-12H2,1H3,(H,17,18). The van der Waals surface area contributed by atoms with Gasteiger partial charge in [-0.25, -0.2) is 0 Å². The number of carbonyl (C=O) groups is 1. The van der Waals surface area contributed by atoms with Gasteiger partial charge in [-0.3, -0.25) is 9.69 Å². The van der Waals surface area contributed by atoms with Crippen molar-refractivity contribution in [3.8, 4) is 0 Å². The van der Waals surface area contributed by atoms with E-state index in [0.29, 0.717) is 0 Å². The first-order chi connectivity index (χ1) is 8.66. The lowest BCUT2D eigenvalue weighted by molar-refractivity contribution is -0.152. The third-order valence-corrected chi connectivity index (χ3v) is 4.70. The van der Waals surface area contributed by atoms with Gasteiger partial charge in [-0.15, -0.1) is 0 Å². The second-order valence-electron chi connectivity index (χ2n) is 5.86. The summed E-state index contributed by atoms with van der Waals surface area (Å²) in [5.41, 5.74) is -0.452. The zero-order valence-electron chi connectivity index (χ0n) is 11.5. The monoisotopic (exact) mass is 254 g/mol. The van der Waals surface area contributed by atoms with Crippen LogP contribution in [0.5, 0.6) is 0 Å². The lowest BCUT2D eigenvalue weighted by Crippen LogP contribution is -2.52. The van der Waals surface area contributed by atoms with Crippen LogP contribution >= 0.6 is 0 Å². The highest BCUT2D eigenvalue weighted by molar-refractivity contribution is 5.75. The van der Waals surface area contributed by atoms with E-state index in [2.05, 4.69) is 16.7 Å². The van der Waals surface area contributed by atoms with Crippen LogP contribution in [-0.4, -0.2) is 60.1 Å². The number of piperazine rings is 1. The summed E-state index contributed by atoms with van der Waals surface area (Å²) in [6.45, 7) is 8.30. The van der Waals surface area contributed by atoms with Gasteiger partial charge in [0.1, 0.15) is 0 Å². The summed E-state index contributed by atoms with van der Waals surface area (Å²) < 4.78 is 0. The predicted octanol–water partition coefficient (Wildman–Crippen LogP) is 1.66. The van der Waals surface area contributed by atoms with Crippen LogP contribution in [0.15, 0.2) is 0 Å². The molecule has 2 fully saturated rings. The van der Waals surface area contributed by atoms with Crippen molar-refractivity contribution in [2.24, 2.45) is 5.41 Å². The number of carboxylic acids is 1. The van der Waals surface area contributed by atoms with E-state index in [0.717, 1.165) is 65.0 Å². The van der Waals surface area contributed by atoms with Crippen molar-refractivity contribution in [3.05, 3.63) is 0 Å². The number of rotatable bonds is 4. The van der Waals surface area contributed by atoms with Crippen molar-refractivity contribution >= 4 is 5.97 Å². The zero-order chi connectivity index (χ0) is 13.0. The molecule has 1 saturated heterocycles. The number of hydrogen-bond donors (Lipinski definition) is 1. The molecular weight excluding hydrogens is 228 g/mol. The van der Waals surface area contributed by atoms with Crippen molar-refractivity contribution in [3.63, 3.8) is 0 Å². The molecule has 104 valence electrons. The average molecular weight is 254 g/mol. The zero-order valence-corrected chi connectivity index (χ0v) is 11.5. The maximum atomic E-state index is 11.6. The molecule has 0 radical (unpaired) electrons. The lowest BCUT2D eigenvalue weighted by Gasteiger charge is -2.41. The largest absolute Gasteiger partial charge is 0.481 e. The van der Waals surface area contributed by atoms with E-state index in [1.165, 1.54) is 6.42 Å². The van der Waals surface area contributed by atoms with E-state index < -0.39 is 11.4 Å². The molecule has 1 heterocycles. The van der Waals surface area contributed by atoms with Crippen LogP contribution in [0.4, 0.5) is 0 Å². The van der Waals surface area contributed by atoms with Crippen LogP contribution in [0.1, 0.15) is 39.0 Å². The molecule has 0 aromatic rings. The summed E-state index contributed by atoms with van der Waals surface area (Å²) in [6.07, 6.45) is 5.12. The van der Waals surface area contributed by atoms with Gasteiger partial charge < -0.3 is 10.0 Å². The van der Waals surface area contributed by atoms with Crippen LogP contribution < -0.4 is 0 Å². The second-order valence-corrected chi connectivity index (χ2v) is 5.86. The topological polar surface area (TPSA) is 43.8 Å². The molecule has 0 spiro atoms. The first-order valence-electron chi connectivity index (χ1n) is 7.34. The Hall–Kier alpha value is -0.610. The third kappa shape index (κ3) is 3.04. The molecule has 18 heavy (non-hydrogen) atoms. The Bertz CT molecular complexity index is 280. The van der Waals surface area contributed by atoms with Gasteiger partial charge in [0.15, 0.2) is 0 Å². The third-order valence-electron chi connectivity index (χ3n) is 4.70. The fourth-order valence-electron chi connectivity index (χ4n) is 3.36. The van der Waals surface area contributed by atoms with Crippen LogP contribution in [0.25, 0.3) is 0 Å². The fourth-order valence-corrected chi connectivity index (χ4v) is 3.36. The van der Waals surface area contributed by atoms with Gasteiger partial charge in [0.25, 0.3) is 0 Å². The molecule has 1 N–H and O–H groups in total. The molecule has 2 aliphatic rings. The van der Waals surface area contributed by atoms with Gasteiger partial charge in [-0.2, -0.15) is 0 Å². The lowest BCUT2D eigenvalue weighted by atomic mass is 9.73. The molecular formula is C14H26N2O2. The first kappa shape index (κ1) is 13.8. The van der Waals surface area contributed by atoms with Gasteiger partial charge in [-0.1, -0.05) is 26.2 Å². The normalized spacial score (nSPS) is 26.1. The summed E-state index contributed by atoms with van der Waals surface area (Å²) >= 11 is 0. The molecule has 1 saturated carbocycles. The minimum atomic E-state index is -0.569. The van der Waals surface area contributed by atoms with Gasteiger partial charge in [0.2, 0.25) is 0 Å². The highest BCUT2D eigenvalue weighted by Gasteiger charge is 2.41. The van der Waals surface area contributed by atoms with E-state index in [-0.39, 0.29) is 0 Å². The molecule has 1 aliphatic carbocycles. The Morgan fingerprint density at radius 3 is 2.11 bits per heavy atom. The summed E-state index contributed by atoms with van der Waals surface area (Å²) in [6, 6.07) is 0. The van der Waals surface area contributed by atoms with Crippen LogP contribution in [0.3, 0.4) is 0 Å². The number of likely N-dealkylation sites (N-methyl/N-ethyl adjacent to an activating group) is 1. The molecule has 4 nitrogen and oxygen atoms in total. The predicted molar refractivity (Wildman–Crippen MR) is 71.7 cm³/mol.